The minimum absolute atomic E-state index is 0.193. The molecule has 0 radical (unpaired) electrons. The summed E-state index contributed by atoms with van der Waals surface area (Å²) >= 11 is 0. The number of unbranched alkanes of at least 4 members (excludes halogenated alkanes) is 20. The fraction of sp³-hybridized carbons (Fsp3) is 0.796. The van der Waals surface area contributed by atoms with Gasteiger partial charge in [-0.2, -0.15) is 0 Å². The van der Waals surface area contributed by atoms with Crippen LogP contribution in [0.4, 0.5) is 0 Å². The monoisotopic (exact) mass is 835 g/mol. The van der Waals surface area contributed by atoms with Crippen molar-refractivity contribution in [3.63, 3.8) is 0 Å². The highest BCUT2D eigenvalue weighted by molar-refractivity contribution is 5.70. The Labute approximate surface area is 358 Å². The molecule has 10 heteroatoms. The van der Waals surface area contributed by atoms with Crippen molar-refractivity contribution >= 4 is 11.9 Å². The van der Waals surface area contributed by atoms with Crippen LogP contribution in [0.3, 0.4) is 0 Å². The van der Waals surface area contributed by atoms with Crippen LogP contribution in [0, 0.1) is 0 Å². The lowest BCUT2D eigenvalue weighted by Gasteiger charge is -2.39. The highest BCUT2D eigenvalue weighted by atomic mass is 16.7. The minimum atomic E-state index is -1.60. The van der Waals surface area contributed by atoms with Crippen molar-refractivity contribution in [3.05, 3.63) is 48.6 Å². The van der Waals surface area contributed by atoms with Crippen LogP contribution < -0.4 is 0 Å². The van der Waals surface area contributed by atoms with Crippen molar-refractivity contribution in [1.29, 1.82) is 0 Å². The molecule has 0 aliphatic carbocycles. The van der Waals surface area contributed by atoms with Gasteiger partial charge in [0.1, 0.15) is 31.0 Å². The molecule has 10 nitrogen and oxygen atoms in total. The lowest BCUT2D eigenvalue weighted by Crippen LogP contribution is -2.59. The summed E-state index contributed by atoms with van der Waals surface area (Å²) in [4.78, 5) is 25.4. The standard InChI is InChI=1S/C49H86O10/c1-3-5-7-9-11-13-15-17-19-21-23-25-27-29-31-33-35-37-44(51)56-40-42(41-57-49-48(55)47(54)46(53)43(39-50)59-49)58-45(52)38-36-34-32-30-28-26-24-22-20-18-16-14-12-10-8-6-4-2/h8,10,14,16,20,22,26,28,42-43,46-50,53-55H,3-7,9,11-13,15,17-19,21,23-25,27,29-41H2,1-2H3/b10-8+,16-14+,22-20+,28-26+/t42-,43-,46+,47?,48?,49-/m0/s1. The van der Waals surface area contributed by atoms with Crippen molar-refractivity contribution in [2.45, 2.75) is 230 Å². The van der Waals surface area contributed by atoms with Crippen LogP contribution in [-0.4, -0.2) is 89.0 Å². The fourth-order valence-corrected chi connectivity index (χ4v) is 6.94. The summed E-state index contributed by atoms with van der Waals surface area (Å²) in [6.07, 6.45) is 39.7. The summed E-state index contributed by atoms with van der Waals surface area (Å²) < 4.78 is 22.2. The zero-order chi connectivity index (χ0) is 43.0. The molecule has 0 saturated carbocycles. The first-order valence-corrected chi connectivity index (χ1v) is 23.7. The number of carbonyl (C=O) groups is 2. The zero-order valence-electron chi connectivity index (χ0n) is 37.2. The van der Waals surface area contributed by atoms with Crippen LogP contribution in [0.15, 0.2) is 48.6 Å². The molecule has 4 N–H and O–H groups in total. The molecule has 0 bridgehead atoms. The van der Waals surface area contributed by atoms with Crippen LogP contribution in [0.2, 0.25) is 0 Å². The number of allylic oxidation sites excluding steroid dienone is 8. The summed E-state index contributed by atoms with van der Waals surface area (Å²) in [6, 6.07) is 0. The van der Waals surface area contributed by atoms with Crippen molar-refractivity contribution in [3.8, 4) is 0 Å². The van der Waals surface area contributed by atoms with Crippen molar-refractivity contribution < 1.29 is 49.0 Å². The molecule has 1 saturated heterocycles. The molecule has 1 fully saturated rings. The number of hydrogen-bond donors (Lipinski definition) is 4. The molecule has 0 aromatic carbocycles. The van der Waals surface area contributed by atoms with E-state index < -0.39 is 49.4 Å². The van der Waals surface area contributed by atoms with E-state index in [1.807, 2.05) is 0 Å². The number of esters is 2. The molecular formula is C49H86O10. The van der Waals surface area contributed by atoms with Gasteiger partial charge in [-0.3, -0.25) is 9.59 Å². The Morgan fingerprint density at radius 2 is 0.983 bits per heavy atom. The van der Waals surface area contributed by atoms with Gasteiger partial charge in [0.15, 0.2) is 12.4 Å². The molecule has 0 aromatic heterocycles. The molecule has 1 aliphatic heterocycles. The Morgan fingerprint density at radius 3 is 1.49 bits per heavy atom. The Bertz CT molecular complexity index is 1100. The van der Waals surface area contributed by atoms with Crippen LogP contribution >= 0.6 is 0 Å². The molecule has 1 aliphatic rings. The van der Waals surface area contributed by atoms with E-state index >= 15 is 0 Å². The number of ether oxygens (including phenoxy) is 4. The maximum absolute atomic E-state index is 12.8. The van der Waals surface area contributed by atoms with E-state index in [2.05, 4.69) is 62.5 Å². The van der Waals surface area contributed by atoms with Gasteiger partial charge in [0.2, 0.25) is 0 Å². The minimum Gasteiger partial charge on any atom is -0.462 e. The van der Waals surface area contributed by atoms with Gasteiger partial charge in [-0.1, -0.05) is 178 Å². The number of aliphatic hydroxyl groups is 4. The van der Waals surface area contributed by atoms with E-state index in [9.17, 15) is 30.0 Å². The van der Waals surface area contributed by atoms with Crippen molar-refractivity contribution in [2.24, 2.45) is 0 Å². The highest BCUT2D eigenvalue weighted by Crippen LogP contribution is 2.23. The van der Waals surface area contributed by atoms with Gasteiger partial charge in [-0.05, 0) is 51.4 Å². The third kappa shape index (κ3) is 31.2. The van der Waals surface area contributed by atoms with Gasteiger partial charge >= 0.3 is 11.9 Å². The third-order valence-corrected chi connectivity index (χ3v) is 10.7. The van der Waals surface area contributed by atoms with Crippen molar-refractivity contribution in [1.82, 2.24) is 0 Å². The summed E-state index contributed by atoms with van der Waals surface area (Å²) in [6.45, 7) is 3.34. The van der Waals surface area contributed by atoms with Crippen LogP contribution in [-0.2, 0) is 28.5 Å². The van der Waals surface area contributed by atoms with Gasteiger partial charge in [-0.15, -0.1) is 0 Å². The number of carbonyl (C=O) groups excluding carboxylic acids is 2. The largest absolute Gasteiger partial charge is 0.462 e. The first-order valence-electron chi connectivity index (χ1n) is 23.7. The molecule has 1 heterocycles. The van der Waals surface area contributed by atoms with Gasteiger partial charge in [0, 0.05) is 12.8 Å². The normalized spacial score (nSPS) is 20.4. The average Bonchev–Trinajstić information content (AvgIpc) is 3.23. The maximum atomic E-state index is 12.8. The molecule has 342 valence electrons. The van der Waals surface area contributed by atoms with Gasteiger partial charge in [-0.25, -0.2) is 0 Å². The summed E-state index contributed by atoms with van der Waals surface area (Å²) in [7, 11) is 0. The Balaban J connectivity index is 2.33. The number of hydrogen-bond acceptors (Lipinski definition) is 10. The third-order valence-electron chi connectivity index (χ3n) is 10.7. The molecule has 0 spiro atoms. The lowest BCUT2D eigenvalue weighted by atomic mass is 9.99. The molecule has 0 aromatic rings. The molecular weight excluding hydrogens is 749 g/mol. The molecule has 0 amide bonds. The zero-order valence-corrected chi connectivity index (χ0v) is 37.2. The first-order chi connectivity index (χ1) is 28.8. The molecule has 1 rings (SSSR count). The SMILES string of the molecule is CCC/C=C/C/C=C/C/C=C/C/C=C/CCCCCC(=O)O[C@@H](COC(=O)CCCCCCCCCCCCCCCCCCC)CO[C@H]1O[C@@H](CO)[C@@H](O)C(O)C1O. The van der Waals surface area contributed by atoms with Gasteiger partial charge in [0.25, 0.3) is 0 Å². The Morgan fingerprint density at radius 1 is 0.525 bits per heavy atom. The second-order valence-electron chi connectivity index (χ2n) is 16.2. The molecule has 59 heavy (non-hydrogen) atoms. The molecule has 6 atom stereocenters. The quantitative estimate of drug-likeness (QED) is 0.0267. The first kappa shape index (κ1) is 54.7. The number of rotatable bonds is 39. The predicted molar refractivity (Wildman–Crippen MR) is 238 cm³/mol. The van der Waals surface area contributed by atoms with Crippen molar-refractivity contribution in [2.75, 3.05) is 19.8 Å². The topological polar surface area (TPSA) is 152 Å². The van der Waals surface area contributed by atoms with Crippen LogP contribution in [0.25, 0.3) is 0 Å². The second-order valence-corrected chi connectivity index (χ2v) is 16.2. The van der Waals surface area contributed by atoms with Crippen LogP contribution in [0.1, 0.15) is 194 Å². The molecule has 2 unspecified atom stereocenters. The van der Waals surface area contributed by atoms with Gasteiger partial charge in [0.05, 0.1) is 13.2 Å². The predicted octanol–water partition coefficient (Wildman–Crippen LogP) is 10.4. The van der Waals surface area contributed by atoms with E-state index in [-0.39, 0.29) is 32.0 Å². The maximum Gasteiger partial charge on any atom is 0.306 e. The summed E-state index contributed by atoms with van der Waals surface area (Å²) in [5.41, 5.74) is 0. The van der Waals surface area contributed by atoms with E-state index in [1.165, 1.54) is 96.3 Å². The average molecular weight is 835 g/mol. The van der Waals surface area contributed by atoms with Crippen LogP contribution in [0.5, 0.6) is 0 Å². The smallest absolute Gasteiger partial charge is 0.306 e. The number of aliphatic hydroxyl groups excluding tert-OH is 4. The Kier molecular flexibility index (Phi) is 36.9. The van der Waals surface area contributed by atoms with E-state index in [4.69, 9.17) is 18.9 Å². The fourth-order valence-electron chi connectivity index (χ4n) is 6.94. The summed E-state index contributed by atoms with van der Waals surface area (Å²) in [5, 5.41) is 40.1. The van der Waals surface area contributed by atoms with E-state index in [0.29, 0.717) is 6.42 Å². The summed E-state index contributed by atoms with van der Waals surface area (Å²) in [5.74, 6) is -0.839. The Hall–Kier alpha value is -2.34. The second kappa shape index (κ2) is 39.8. The van der Waals surface area contributed by atoms with E-state index in [0.717, 1.165) is 64.2 Å². The van der Waals surface area contributed by atoms with E-state index in [1.54, 1.807) is 0 Å². The lowest BCUT2D eigenvalue weighted by molar-refractivity contribution is -0.305. The highest BCUT2D eigenvalue weighted by Gasteiger charge is 2.44. The van der Waals surface area contributed by atoms with Gasteiger partial charge < -0.3 is 39.4 Å².